The average molecular weight is 201 g/mol. The molecule has 5 nitrogen and oxygen atoms in total. The van der Waals surface area contributed by atoms with Gasteiger partial charge in [0.1, 0.15) is 6.61 Å². The Bertz CT molecular complexity index is 204. The summed E-state index contributed by atoms with van der Waals surface area (Å²) in [7, 11) is 5.30. The molecule has 0 aromatic carbocycles. The van der Waals surface area contributed by atoms with Gasteiger partial charge in [0.15, 0.2) is 5.79 Å². The van der Waals surface area contributed by atoms with E-state index in [9.17, 15) is 4.79 Å². The standard InChI is InChI=1S/C9H19N3O2/c1-7(2)8(13)14-6-9(10-3,11-4)12-5/h10-12H,1,6H2,2-5H3. The van der Waals surface area contributed by atoms with E-state index in [1.807, 2.05) is 0 Å². The quantitative estimate of drug-likeness (QED) is 0.305. The Morgan fingerprint density at radius 3 is 2.00 bits per heavy atom. The van der Waals surface area contributed by atoms with Crippen LogP contribution in [0.3, 0.4) is 0 Å². The normalized spacial score (nSPS) is 11.1. The number of rotatable bonds is 6. The zero-order valence-corrected chi connectivity index (χ0v) is 9.23. The summed E-state index contributed by atoms with van der Waals surface area (Å²) >= 11 is 0. The first kappa shape index (κ1) is 13.1. The second-order valence-corrected chi connectivity index (χ2v) is 3.01. The van der Waals surface area contributed by atoms with Crippen molar-refractivity contribution in [1.82, 2.24) is 16.0 Å². The van der Waals surface area contributed by atoms with Crippen molar-refractivity contribution in [3.63, 3.8) is 0 Å². The second-order valence-electron chi connectivity index (χ2n) is 3.01. The van der Waals surface area contributed by atoms with Crippen LogP contribution < -0.4 is 16.0 Å². The summed E-state index contributed by atoms with van der Waals surface area (Å²) in [5.74, 6) is -0.986. The lowest BCUT2D eigenvalue weighted by Gasteiger charge is -2.31. The van der Waals surface area contributed by atoms with Crippen LogP contribution in [0.15, 0.2) is 12.2 Å². The van der Waals surface area contributed by atoms with Crippen LogP contribution in [0.25, 0.3) is 0 Å². The van der Waals surface area contributed by atoms with Gasteiger partial charge in [0.2, 0.25) is 0 Å². The van der Waals surface area contributed by atoms with Gasteiger partial charge in [-0.1, -0.05) is 6.58 Å². The van der Waals surface area contributed by atoms with Crippen molar-refractivity contribution >= 4 is 5.97 Å². The van der Waals surface area contributed by atoms with E-state index >= 15 is 0 Å². The zero-order chi connectivity index (χ0) is 11.2. The molecule has 0 unspecified atom stereocenters. The molecule has 3 N–H and O–H groups in total. The second kappa shape index (κ2) is 5.74. The molecule has 0 aromatic rings. The highest BCUT2D eigenvalue weighted by Crippen LogP contribution is 1.98. The molecule has 0 saturated heterocycles. The van der Waals surface area contributed by atoms with Crippen molar-refractivity contribution in [2.45, 2.75) is 12.7 Å². The van der Waals surface area contributed by atoms with E-state index < -0.39 is 11.8 Å². The molecule has 0 aliphatic rings. The minimum absolute atomic E-state index is 0.183. The highest BCUT2D eigenvalue weighted by molar-refractivity contribution is 5.86. The minimum Gasteiger partial charge on any atom is -0.457 e. The largest absolute Gasteiger partial charge is 0.457 e. The Morgan fingerprint density at radius 2 is 1.71 bits per heavy atom. The molecule has 0 fully saturated rings. The Hall–Kier alpha value is -0.910. The molecule has 0 atom stereocenters. The summed E-state index contributed by atoms with van der Waals surface area (Å²) in [6.07, 6.45) is 0. The van der Waals surface area contributed by atoms with Crippen LogP contribution in [0.5, 0.6) is 0 Å². The lowest BCUT2D eigenvalue weighted by molar-refractivity contribution is -0.142. The topological polar surface area (TPSA) is 62.4 Å². The van der Waals surface area contributed by atoms with Crippen LogP contribution in [0.2, 0.25) is 0 Å². The van der Waals surface area contributed by atoms with Crippen molar-refractivity contribution in [3.8, 4) is 0 Å². The molecule has 0 aromatic heterocycles. The van der Waals surface area contributed by atoms with Gasteiger partial charge in [0.25, 0.3) is 0 Å². The van der Waals surface area contributed by atoms with Crippen LogP contribution in [-0.2, 0) is 9.53 Å². The van der Waals surface area contributed by atoms with E-state index in [1.165, 1.54) is 0 Å². The number of carbonyl (C=O) groups is 1. The van der Waals surface area contributed by atoms with Gasteiger partial charge in [-0.15, -0.1) is 0 Å². The van der Waals surface area contributed by atoms with Gasteiger partial charge in [0, 0.05) is 5.57 Å². The predicted molar refractivity (Wildman–Crippen MR) is 55.7 cm³/mol. The lowest BCUT2D eigenvalue weighted by Crippen LogP contribution is -2.66. The number of hydrogen-bond acceptors (Lipinski definition) is 5. The highest BCUT2D eigenvalue weighted by Gasteiger charge is 2.25. The number of ether oxygens (including phenoxy) is 1. The molecule has 0 bridgehead atoms. The summed E-state index contributed by atoms with van der Waals surface area (Å²) in [5, 5.41) is 8.94. The maximum Gasteiger partial charge on any atom is 0.333 e. The fourth-order valence-electron chi connectivity index (χ4n) is 0.889. The first-order valence-corrected chi connectivity index (χ1v) is 4.40. The average Bonchev–Trinajstić information content (AvgIpc) is 2.20. The lowest BCUT2D eigenvalue weighted by atomic mass is 10.3. The summed E-state index contributed by atoms with van der Waals surface area (Å²) in [5.41, 5.74) is 0.391. The van der Waals surface area contributed by atoms with Crippen LogP contribution in [0.1, 0.15) is 6.92 Å². The number of hydrogen-bond donors (Lipinski definition) is 3. The number of likely N-dealkylation sites (N-methyl/N-ethyl adjacent to an activating group) is 3. The first-order chi connectivity index (χ1) is 6.51. The van der Waals surface area contributed by atoms with E-state index in [2.05, 4.69) is 22.5 Å². The fraction of sp³-hybridized carbons (Fsp3) is 0.667. The van der Waals surface area contributed by atoms with E-state index in [-0.39, 0.29) is 6.61 Å². The SMILES string of the molecule is C=C(C)C(=O)OCC(NC)(NC)NC. The third-order valence-corrected chi connectivity index (χ3v) is 2.05. The molecule has 0 rings (SSSR count). The Morgan fingerprint density at radius 1 is 1.29 bits per heavy atom. The van der Waals surface area contributed by atoms with E-state index in [1.54, 1.807) is 28.1 Å². The van der Waals surface area contributed by atoms with Gasteiger partial charge in [-0.05, 0) is 28.1 Å². The van der Waals surface area contributed by atoms with Gasteiger partial charge >= 0.3 is 5.97 Å². The molecule has 5 heteroatoms. The molecule has 0 spiro atoms. The molecule has 0 aliphatic carbocycles. The smallest absolute Gasteiger partial charge is 0.333 e. The van der Waals surface area contributed by atoms with E-state index in [0.717, 1.165) is 0 Å². The van der Waals surface area contributed by atoms with Gasteiger partial charge in [-0.2, -0.15) is 0 Å². The predicted octanol–water partition coefficient (Wildman–Crippen LogP) is -0.582. The molecular weight excluding hydrogens is 182 g/mol. The van der Waals surface area contributed by atoms with Crippen molar-refractivity contribution in [1.29, 1.82) is 0 Å². The highest BCUT2D eigenvalue weighted by atomic mass is 16.5. The van der Waals surface area contributed by atoms with Crippen LogP contribution in [-0.4, -0.2) is 39.5 Å². The van der Waals surface area contributed by atoms with Gasteiger partial charge in [-0.3, -0.25) is 16.0 Å². The van der Waals surface area contributed by atoms with Crippen LogP contribution >= 0.6 is 0 Å². The molecule has 82 valence electrons. The summed E-state index contributed by atoms with van der Waals surface area (Å²) in [6.45, 7) is 5.29. The zero-order valence-electron chi connectivity index (χ0n) is 9.23. The molecule has 0 radical (unpaired) electrons. The van der Waals surface area contributed by atoms with Gasteiger partial charge in [-0.25, -0.2) is 4.79 Å². The Kier molecular flexibility index (Phi) is 5.37. The molecule has 14 heavy (non-hydrogen) atoms. The van der Waals surface area contributed by atoms with Crippen molar-refractivity contribution < 1.29 is 9.53 Å². The van der Waals surface area contributed by atoms with Gasteiger partial charge in [0.05, 0.1) is 0 Å². The maximum absolute atomic E-state index is 11.1. The van der Waals surface area contributed by atoms with Gasteiger partial charge < -0.3 is 4.74 Å². The summed E-state index contributed by atoms with van der Waals surface area (Å²) in [4.78, 5) is 11.1. The molecule has 0 amide bonds. The fourth-order valence-corrected chi connectivity index (χ4v) is 0.889. The van der Waals surface area contributed by atoms with Crippen LogP contribution in [0.4, 0.5) is 0 Å². The summed E-state index contributed by atoms with van der Waals surface area (Å²) in [6, 6.07) is 0. The van der Waals surface area contributed by atoms with Crippen molar-refractivity contribution in [3.05, 3.63) is 12.2 Å². The Labute approximate surface area is 84.9 Å². The third-order valence-electron chi connectivity index (χ3n) is 2.05. The maximum atomic E-state index is 11.1. The minimum atomic E-state index is -0.592. The molecule has 0 heterocycles. The molecule has 0 aliphatic heterocycles. The summed E-state index contributed by atoms with van der Waals surface area (Å²) < 4.78 is 5.02. The first-order valence-electron chi connectivity index (χ1n) is 4.40. The third kappa shape index (κ3) is 3.45. The molecule has 0 saturated carbocycles. The Balaban J connectivity index is 4.19. The van der Waals surface area contributed by atoms with Crippen molar-refractivity contribution in [2.24, 2.45) is 0 Å². The number of carbonyl (C=O) groups excluding carboxylic acids is 1. The monoisotopic (exact) mass is 201 g/mol. The number of nitrogens with one attached hydrogen (secondary N) is 3. The van der Waals surface area contributed by atoms with E-state index in [0.29, 0.717) is 5.57 Å². The van der Waals surface area contributed by atoms with Crippen LogP contribution in [0, 0.1) is 0 Å². The van der Waals surface area contributed by atoms with Crippen molar-refractivity contribution in [2.75, 3.05) is 27.7 Å². The number of esters is 1. The molecular formula is C9H19N3O2. The van der Waals surface area contributed by atoms with E-state index in [4.69, 9.17) is 4.74 Å².